The van der Waals surface area contributed by atoms with Crippen LogP contribution in [0.1, 0.15) is 30.9 Å². The molecule has 0 saturated heterocycles. The number of benzene rings is 2. The van der Waals surface area contributed by atoms with Gasteiger partial charge in [0, 0.05) is 42.7 Å². The predicted molar refractivity (Wildman–Crippen MR) is 158 cm³/mol. The molecule has 0 bridgehead atoms. The second kappa shape index (κ2) is 14.2. The lowest BCUT2D eigenvalue weighted by molar-refractivity contribution is -0.385. The lowest BCUT2D eigenvalue weighted by Gasteiger charge is -2.40. The molecule has 2 aromatic carbocycles. The van der Waals surface area contributed by atoms with E-state index in [-0.39, 0.29) is 35.4 Å². The highest BCUT2D eigenvalue weighted by Crippen LogP contribution is 2.65. The number of nitro benzene ring substituents is 1. The number of nitrogens with zero attached hydrogens (tertiary/aromatic N) is 3. The van der Waals surface area contributed by atoms with Crippen molar-refractivity contribution in [3.63, 3.8) is 0 Å². The van der Waals surface area contributed by atoms with Crippen molar-refractivity contribution in [1.82, 2.24) is 9.80 Å². The molecule has 41 heavy (non-hydrogen) atoms. The molecule has 0 saturated carbocycles. The van der Waals surface area contributed by atoms with Crippen molar-refractivity contribution in [2.24, 2.45) is 0 Å². The highest BCUT2D eigenvalue weighted by Gasteiger charge is 2.47. The zero-order valence-corrected chi connectivity index (χ0v) is 24.5. The van der Waals surface area contributed by atoms with E-state index in [1.807, 2.05) is 37.4 Å². The number of likely N-dealkylation sites (N-methyl/N-ethyl adjacent to an activating group) is 1. The molecular formula is C30H36N3O7P. The minimum absolute atomic E-state index is 0.0317. The Hall–Kier alpha value is -3.82. The fourth-order valence-corrected chi connectivity index (χ4v) is 7.04. The number of carboxylic acids is 1. The first-order valence-electron chi connectivity index (χ1n) is 13.0. The van der Waals surface area contributed by atoms with Gasteiger partial charge in [0.25, 0.3) is 5.69 Å². The van der Waals surface area contributed by atoms with E-state index in [0.29, 0.717) is 31.0 Å². The molecule has 3 rings (SSSR count). The largest absolute Gasteiger partial charge is 0.478 e. The minimum Gasteiger partial charge on any atom is -0.478 e. The van der Waals surface area contributed by atoms with E-state index in [9.17, 15) is 24.6 Å². The van der Waals surface area contributed by atoms with E-state index in [2.05, 4.69) is 18.1 Å². The van der Waals surface area contributed by atoms with Gasteiger partial charge in [-0.1, -0.05) is 60.7 Å². The number of rotatable bonds is 15. The first-order chi connectivity index (χ1) is 19.6. The lowest BCUT2D eigenvalue weighted by atomic mass is 9.85. The summed E-state index contributed by atoms with van der Waals surface area (Å²) in [5, 5.41) is 22.6. The molecular weight excluding hydrogens is 545 g/mol. The highest BCUT2D eigenvalue weighted by molar-refractivity contribution is 7.58. The number of hydrogen-bond donors (Lipinski definition) is 1. The molecule has 0 aromatic heterocycles. The van der Waals surface area contributed by atoms with E-state index >= 15 is 0 Å². The van der Waals surface area contributed by atoms with Crippen LogP contribution in [0.3, 0.4) is 0 Å². The van der Waals surface area contributed by atoms with Crippen LogP contribution in [0, 0.1) is 10.1 Å². The molecule has 218 valence electrons. The maximum atomic E-state index is 14.5. The standard InChI is InChI=1S/C30H36N3O7P/c1-6-19-39-41(38,40-20-7-2)29-23(4)32(18-17-31(5)21-24-13-9-8-10-14-24)22(3)27(30(34)35)28(29)25-15-11-12-16-26(25)33(36)37/h6-16,28H,1-2,17-21H2,3-5H3,(H,34,35). The number of para-hydroxylation sites is 1. The first kappa shape index (κ1) is 31.7. The maximum Gasteiger partial charge on any atom is 0.360 e. The Labute approximate surface area is 240 Å². The van der Waals surface area contributed by atoms with Crippen molar-refractivity contribution < 1.29 is 28.4 Å². The molecule has 1 aliphatic rings. The maximum absolute atomic E-state index is 14.5. The van der Waals surface area contributed by atoms with Crippen LogP contribution in [-0.4, -0.2) is 59.1 Å². The Morgan fingerprint density at radius 3 is 2.22 bits per heavy atom. The van der Waals surface area contributed by atoms with Gasteiger partial charge in [-0.2, -0.15) is 0 Å². The SMILES string of the molecule is C=CCOP(=O)(OCC=C)C1=C(C)N(CCN(C)Cc2ccccc2)C(C)=C(C(=O)O)C1c1ccccc1[N+](=O)[O-]. The van der Waals surface area contributed by atoms with E-state index in [0.717, 1.165) is 5.56 Å². The van der Waals surface area contributed by atoms with Crippen molar-refractivity contribution in [2.75, 3.05) is 33.4 Å². The van der Waals surface area contributed by atoms with Crippen molar-refractivity contribution >= 4 is 19.3 Å². The molecule has 1 aliphatic heterocycles. The first-order valence-corrected chi connectivity index (χ1v) is 14.6. The van der Waals surface area contributed by atoms with Gasteiger partial charge in [-0.05, 0) is 26.5 Å². The summed E-state index contributed by atoms with van der Waals surface area (Å²) in [6, 6.07) is 15.8. The summed E-state index contributed by atoms with van der Waals surface area (Å²) in [6.07, 6.45) is 2.80. The van der Waals surface area contributed by atoms with Crippen molar-refractivity contribution in [3.05, 3.63) is 123 Å². The molecule has 11 heteroatoms. The van der Waals surface area contributed by atoms with Crippen molar-refractivity contribution in [3.8, 4) is 0 Å². The fourth-order valence-electron chi connectivity index (χ4n) is 4.98. The Morgan fingerprint density at radius 1 is 1.07 bits per heavy atom. The van der Waals surface area contributed by atoms with Crippen LogP contribution in [0.25, 0.3) is 0 Å². The van der Waals surface area contributed by atoms with E-state index < -0.39 is 24.4 Å². The average molecular weight is 582 g/mol. The summed E-state index contributed by atoms with van der Waals surface area (Å²) in [4.78, 5) is 28.2. The number of carboxylic acid groups (broad SMARTS) is 1. The third-order valence-corrected chi connectivity index (χ3v) is 8.98. The van der Waals surface area contributed by atoms with Crippen molar-refractivity contribution in [1.29, 1.82) is 0 Å². The average Bonchev–Trinajstić information content (AvgIpc) is 2.94. The normalized spacial score (nSPS) is 15.8. The molecule has 0 radical (unpaired) electrons. The van der Waals surface area contributed by atoms with Gasteiger partial charge in [0.15, 0.2) is 0 Å². The Kier molecular flexibility index (Phi) is 11.0. The lowest BCUT2D eigenvalue weighted by Crippen LogP contribution is -2.37. The number of hydrogen-bond acceptors (Lipinski definition) is 8. The molecule has 10 nitrogen and oxygen atoms in total. The van der Waals surface area contributed by atoms with Gasteiger partial charge in [-0.25, -0.2) is 4.79 Å². The monoisotopic (exact) mass is 581 g/mol. The van der Waals surface area contributed by atoms with Crippen molar-refractivity contribution in [2.45, 2.75) is 26.3 Å². The molecule has 0 aliphatic carbocycles. The van der Waals surface area contributed by atoms with Crippen LogP contribution in [0.2, 0.25) is 0 Å². The van der Waals surface area contributed by atoms with Gasteiger partial charge in [-0.15, -0.1) is 13.2 Å². The highest BCUT2D eigenvalue weighted by atomic mass is 31.2. The Bertz CT molecular complexity index is 1390. The summed E-state index contributed by atoms with van der Waals surface area (Å²) < 4.78 is 26.0. The number of allylic oxidation sites excluding steroid dienone is 3. The zero-order valence-electron chi connectivity index (χ0n) is 23.6. The van der Waals surface area contributed by atoms with Crippen LogP contribution in [0.4, 0.5) is 5.69 Å². The van der Waals surface area contributed by atoms with E-state index in [1.54, 1.807) is 24.8 Å². The third-order valence-electron chi connectivity index (χ3n) is 6.83. The Morgan fingerprint density at radius 2 is 1.66 bits per heavy atom. The molecule has 1 heterocycles. The molecule has 0 spiro atoms. The van der Waals surface area contributed by atoms with E-state index in [1.165, 1.54) is 30.4 Å². The summed E-state index contributed by atoms with van der Waals surface area (Å²) in [7, 11) is -2.28. The summed E-state index contributed by atoms with van der Waals surface area (Å²) in [5.74, 6) is -2.56. The molecule has 1 unspecified atom stereocenters. The second-order valence-electron chi connectivity index (χ2n) is 9.57. The van der Waals surface area contributed by atoms with Crippen LogP contribution in [0.5, 0.6) is 0 Å². The van der Waals surface area contributed by atoms with Gasteiger partial charge < -0.3 is 24.0 Å². The molecule has 0 amide bonds. The zero-order chi connectivity index (χ0) is 30.2. The molecule has 0 fully saturated rings. The smallest absolute Gasteiger partial charge is 0.360 e. The van der Waals surface area contributed by atoms with Gasteiger partial charge in [0.2, 0.25) is 0 Å². The van der Waals surface area contributed by atoms with E-state index in [4.69, 9.17) is 9.05 Å². The van der Waals surface area contributed by atoms with Crippen LogP contribution >= 0.6 is 7.60 Å². The third kappa shape index (κ3) is 7.28. The molecule has 1 atom stereocenters. The molecule has 1 N–H and O–H groups in total. The summed E-state index contributed by atoms with van der Waals surface area (Å²) >= 11 is 0. The summed E-state index contributed by atoms with van der Waals surface area (Å²) in [5.41, 5.74) is 1.58. The van der Waals surface area contributed by atoms with Crippen LogP contribution in [0.15, 0.2) is 102 Å². The van der Waals surface area contributed by atoms with Gasteiger partial charge in [0.1, 0.15) is 0 Å². The van der Waals surface area contributed by atoms with Gasteiger partial charge >= 0.3 is 13.6 Å². The number of carbonyl (C=O) groups is 1. The Balaban J connectivity index is 2.20. The summed E-state index contributed by atoms with van der Waals surface area (Å²) in [6.45, 7) is 11.9. The minimum atomic E-state index is -4.24. The topological polar surface area (TPSA) is 122 Å². The van der Waals surface area contributed by atoms with Crippen LogP contribution < -0.4 is 0 Å². The predicted octanol–water partition coefficient (Wildman–Crippen LogP) is 6.31. The van der Waals surface area contributed by atoms with Crippen LogP contribution in [-0.2, 0) is 25.0 Å². The van der Waals surface area contributed by atoms with Gasteiger partial charge in [0.05, 0.1) is 34.9 Å². The second-order valence-corrected chi connectivity index (χ2v) is 11.6. The number of aliphatic carboxylic acids is 1. The number of nitro groups is 1. The fraction of sp³-hybridized carbons (Fsp3) is 0.300. The van der Waals surface area contributed by atoms with Gasteiger partial charge in [-0.3, -0.25) is 14.7 Å². The molecule has 2 aromatic rings. The quantitative estimate of drug-likeness (QED) is 0.111.